The van der Waals surface area contributed by atoms with Crippen molar-refractivity contribution in [2.45, 2.75) is 12.8 Å². The Morgan fingerprint density at radius 1 is 1.09 bits per heavy atom. The summed E-state index contributed by atoms with van der Waals surface area (Å²) in [5, 5.41) is 20.1. The molecular weight excluding hydrogens is 290 g/mol. The standard InChI is InChI=1S/C15H13NO6/c1-21-9-5-3-2-4-8(9)14-12(19)13(20)15(22-14)16-10(17)6-7-11(16)18/h2-5,19-20H,6-7H2,1H3. The third kappa shape index (κ3) is 1.98. The van der Waals surface area contributed by atoms with Gasteiger partial charge in [0.2, 0.25) is 23.3 Å². The number of benzene rings is 1. The summed E-state index contributed by atoms with van der Waals surface area (Å²) in [5.74, 6) is -2.20. The molecule has 1 aromatic carbocycles. The molecular formula is C15H13NO6. The second-order valence-electron chi connectivity index (χ2n) is 4.76. The lowest BCUT2D eigenvalue weighted by Gasteiger charge is -2.09. The number of hydrogen-bond acceptors (Lipinski definition) is 6. The average Bonchev–Trinajstić information content (AvgIpc) is 3.00. The van der Waals surface area contributed by atoms with Gasteiger partial charge in [0.1, 0.15) is 5.75 Å². The molecule has 0 radical (unpaired) electrons. The van der Waals surface area contributed by atoms with Crippen molar-refractivity contribution >= 4 is 17.7 Å². The van der Waals surface area contributed by atoms with E-state index >= 15 is 0 Å². The fraction of sp³-hybridized carbons (Fsp3) is 0.200. The molecule has 1 aliphatic heterocycles. The zero-order valence-corrected chi connectivity index (χ0v) is 11.7. The number of anilines is 1. The average molecular weight is 303 g/mol. The summed E-state index contributed by atoms with van der Waals surface area (Å²) < 4.78 is 10.6. The van der Waals surface area contributed by atoms with Crippen molar-refractivity contribution in [2.24, 2.45) is 0 Å². The van der Waals surface area contributed by atoms with Crippen molar-refractivity contribution < 1.29 is 29.0 Å². The number of hydrogen-bond donors (Lipinski definition) is 2. The first-order chi connectivity index (χ1) is 10.5. The highest BCUT2D eigenvalue weighted by molar-refractivity contribution is 6.20. The first kappa shape index (κ1) is 14.0. The molecule has 0 atom stereocenters. The summed E-state index contributed by atoms with van der Waals surface area (Å²) in [4.78, 5) is 24.2. The van der Waals surface area contributed by atoms with Gasteiger partial charge in [-0.05, 0) is 12.1 Å². The van der Waals surface area contributed by atoms with E-state index in [1.165, 1.54) is 7.11 Å². The fourth-order valence-electron chi connectivity index (χ4n) is 2.37. The van der Waals surface area contributed by atoms with Crippen molar-refractivity contribution in [3.8, 4) is 28.6 Å². The van der Waals surface area contributed by atoms with Gasteiger partial charge < -0.3 is 19.4 Å². The normalized spacial score (nSPS) is 14.7. The van der Waals surface area contributed by atoms with Gasteiger partial charge in [0.15, 0.2) is 5.76 Å². The molecule has 1 saturated heterocycles. The number of carbonyl (C=O) groups is 2. The minimum atomic E-state index is -0.649. The maximum Gasteiger partial charge on any atom is 0.256 e. The minimum absolute atomic E-state index is 0.0454. The third-order valence-corrected chi connectivity index (χ3v) is 3.45. The van der Waals surface area contributed by atoms with E-state index in [1.54, 1.807) is 24.3 Å². The summed E-state index contributed by atoms with van der Waals surface area (Å²) >= 11 is 0. The number of furan rings is 1. The van der Waals surface area contributed by atoms with Crippen molar-refractivity contribution in [3.63, 3.8) is 0 Å². The Labute approximate surface area is 125 Å². The Hall–Kier alpha value is -2.96. The number of ether oxygens (including phenoxy) is 1. The van der Waals surface area contributed by atoms with Crippen LogP contribution in [-0.4, -0.2) is 29.1 Å². The zero-order chi connectivity index (χ0) is 15.9. The molecule has 0 bridgehead atoms. The fourth-order valence-corrected chi connectivity index (χ4v) is 2.37. The van der Waals surface area contributed by atoms with E-state index in [0.717, 1.165) is 4.90 Å². The van der Waals surface area contributed by atoms with Crippen LogP contribution in [0.1, 0.15) is 12.8 Å². The number of rotatable bonds is 3. The molecule has 2 heterocycles. The first-order valence-electron chi connectivity index (χ1n) is 6.58. The lowest BCUT2D eigenvalue weighted by atomic mass is 10.1. The Kier molecular flexibility index (Phi) is 3.25. The third-order valence-electron chi connectivity index (χ3n) is 3.45. The molecule has 1 aliphatic rings. The van der Waals surface area contributed by atoms with Gasteiger partial charge in [-0.3, -0.25) is 9.59 Å². The predicted octanol–water partition coefficient (Wildman–Crippen LogP) is 2.02. The van der Waals surface area contributed by atoms with Crippen LogP contribution in [0, 0.1) is 0 Å². The van der Waals surface area contributed by atoms with Gasteiger partial charge in [0.25, 0.3) is 5.88 Å². The number of imide groups is 1. The molecule has 3 rings (SSSR count). The molecule has 2 aromatic rings. The topological polar surface area (TPSA) is 100 Å². The lowest BCUT2D eigenvalue weighted by Crippen LogP contribution is -2.28. The number of nitrogens with zero attached hydrogens (tertiary/aromatic N) is 1. The molecule has 0 aliphatic carbocycles. The van der Waals surface area contributed by atoms with Gasteiger partial charge in [0, 0.05) is 12.8 Å². The molecule has 2 amide bonds. The van der Waals surface area contributed by atoms with Crippen LogP contribution in [0.3, 0.4) is 0 Å². The zero-order valence-electron chi connectivity index (χ0n) is 11.7. The van der Waals surface area contributed by atoms with E-state index in [4.69, 9.17) is 9.15 Å². The van der Waals surface area contributed by atoms with E-state index < -0.39 is 23.3 Å². The van der Waals surface area contributed by atoms with Crippen molar-refractivity contribution in [1.29, 1.82) is 0 Å². The molecule has 7 heteroatoms. The molecule has 0 spiro atoms. The molecule has 22 heavy (non-hydrogen) atoms. The smallest absolute Gasteiger partial charge is 0.256 e. The summed E-state index contributed by atoms with van der Waals surface area (Å²) in [6.07, 6.45) is 0.0907. The number of methoxy groups -OCH3 is 1. The minimum Gasteiger partial charge on any atom is -0.502 e. The molecule has 1 fully saturated rings. The highest BCUT2D eigenvalue weighted by Crippen LogP contribution is 2.49. The van der Waals surface area contributed by atoms with E-state index in [-0.39, 0.29) is 24.5 Å². The number of aromatic hydroxyl groups is 2. The van der Waals surface area contributed by atoms with Gasteiger partial charge in [-0.2, -0.15) is 0 Å². The van der Waals surface area contributed by atoms with E-state index in [0.29, 0.717) is 11.3 Å². The summed E-state index contributed by atoms with van der Waals surface area (Å²) in [6, 6.07) is 6.70. The van der Waals surface area contributed by atoms with Crippen LogP contribution in [0.4, 0.5) is 5.88 Å². The van der Waals surface area contributed by atoms with Crippen LogP contribution in [0.15, 0.2) is 28.7 Å². The predicted molar refractivity (Wildman–Crippen MR) is 75.8 cm³/mol. The molecule has 114 valence electrons. The largest absolute Gasteiger partial charge is 0.502 e. The second kappa shape index (κ2) is 5.10. The monoisotopic (exact) mass is 303 g/mol. The Bertz CT molecular complexity index is 747. The van der Waals surface area contributed by atoms with Crippen LogP contribution < -0.4 is 9.64 Å². The van der Waals surface area contributed by atoms with Crippen molar-refractivity contribution in [1.82, 2.24) is 0 Å². The molecule has 0 saturated carbocycles. The van der Waals surface area contributed by atoms with Crippen LogP contribution in [-0.2, 0) is 9.59 Å². The highest BCUT2D eigenvalue weighted by atomic mass is 16.5. The van der Waals surface area contributed by atoms with Crippen LogP contribution in [0.25, 0.3) is 11.3 Å². The highest BCUT2D eigenvalue weighted by Gasteiger charge is 2.37. The number of para-hydroxylation sites is 1. The van der Waals surface area contributed by atoms with Gasteiger partial charge in [-0.15, -0.1) is 0 Å². The van der Waals surface area contributed by atoms with Crippen molar-refractivity contribution in [2.75, 3.05) is 12.0 Å². The van der Waals surface area contributed by atoms with Crippen molar-refractivity contribution in [3.05, 3.63) is 24.3 Å². The summed E-state index contributed by atoms with van der Waals surface area (Å²) in [5.41, 5.74) is 0.392. The van der Waals surface area contributed by atoms with E-state index in [1.807, 2.05) is 0 Å². The quantitative estimate of drug-likeness (QED) is 0.841. The molecule has 0 unspecified atom stereocenters. The Balaban J connectivity index is 2.14. The van der Waals surface area contributed by atoms with Crippen LogP contribution in [0.2, 0.25) is 0 Å². The Morgan fingerprint density at radius 2 is 1.73 bits per heavy atom. The lowest BCUT2D eigenvalue weighted by molar-refractivity contribution is -0.121. The molecule has 7 nitrogen and oxygen atoms in total. The maximum absolute atomic E-state index is 11.7. The Morgan fingerprint density at radius 3 is 2.36 bits per heavy atom. The first-order valence-corrected chi connectivity index (χ1v) is 6.58. The van der Waals surface area contributed by atoms with Gasteiger partial charge in [0.05, 0.1) is 12.7 Å². The van der Waals surface area contributed by atoms with Gasteiger partial charge in [-0.1, -0.05) is 12.1 Å². The summed E-state index contributed by atoms with van der Waals surface area (Å²) in [6.45, 7) is 0. The summed E-state index contributed by atoms with van der Waals surface area (Å²) in [7, 11) is 1.45. The van der Waals surface area contributed by atoms with Gasteiger partial charge in [-0.25, -0.2) is 4.90 Å². The number of carbonyl (C=O) groups excluding carboxylic acids is 2. The SMILES string of the molecule is COc1ccccc1-c1oc(N2C(=O)CCC2=O)c(O)c1O. The van der Waals surface area contributed by atoms with E-state index in [9.17, 15) is 19.8 Å². The van der Waals surface area contributed by atoms with Gasteiger partial charge >= 0.3 is 0 Å². The molecule has 1 aromatic heterocycles. The van der Waals surface area contributed by atoms with Crippen LogP contribution in [0.5, 0.6) is 17.2 Å². The molecule has 2 N–H and O–H groups in total. The second-order valence-corrected chi connectivity index (χ2v) is 4.76. The van der Waals surface area contributed by atoms with Crippen LogP contribution >= 0.6 is 0 Å². The maximum atomic E-state index is 11.7. The number of amides is 2. The van der Waals surface area contributed by atoms with E-state index in [2.05, 4.69) is 0 Å².